The van der Waals surface area contributed by atoms with E-state index >= 15 is 0 Å². The molecule has 0 saturated carbocycles. The number of fused-ring (bicyclic) bond motifs is 1. The van der Waals surface area contributed by atoms with Gasteiger partial charge in [0.15, 0.2) is 0 Å². The lowest BCUT2D eigenvalue weighted by Crippen LogP contribution is -2.28. The van der Waals surface area contributed by atoms with Crippen molar-refractivity contribution in [3.05, 3.63) is 29.6 Å². The lowest BCUT2D eigenvalue weighted by molar-refractivity contribution is 0.564. The summed E-state index contributed by atoms with van der Waals surface area (Å²) in [6, 6.07) is 5.64. The van der Waals surface area contributed by atoms with Gasteiger partial charge in [-0.3, -0.25) is 0 Å². The number of anilines is 1. The number of rotatable bonds is 4. The number of nitrogens with zero attached hydrogens (tertiary/aromatic N) is 1. The van der Waals surface area contributed by atoms with Gasteiger partial charge in [0, 0.05) is 18.8 Å². The van der Waals surface area contributed by atoms with Gasteiger partial charge < -0.3 is 10.2 Å². The summed E-state index contributed by atoms with van der Waals surface area (Å²) in [6.07, 6.45) is 3.31. The van der Waals surface area contributed by atoms with Gasteiger partial charge in [-0.1, -0.05) is 0 Å². The summed E-state index contributed by atoms with van der Waals surface area (Å²) in [5.41, 5.74) is 2.34. The monoisotopic (exact) mass is 222 g/mol. The first-order chi connectivity index (χ1) is 7.72. The summed E-state index contributed by atoms with van der Waals surface area (Å²) in [6.45, 7) is 1.05. The van der Waals surface area contributed by atoms with Gasteiger partial charge in [-0.25, -0.2) is 4.39 Å². The lowest BCUT2D eigenvalue weighted by atomic mass is 10.1. The molecule has 1 aromatic carbocycles. The highest BCUT2D eigenvalue weighted by molar-refractivity contribution is 5.58. The molecule has 0 aliphatic carbocycles. The summed E-state index contributed by atoms with van der Waals surface area (Å²) < 4.78 is 13.1. The first kappa shape index (κ1) is 11.4. The Morgan fingerprint density at radius 1 is 1.50 bits per heavy atom. The lowest BCUT2D eigenvalue weighted by Gasteiger charge is -2.22. The molecule has 1 aliphatic rings. The van der Waals surface area contributed by atoms with Crippen LogP contribution in [0.4, 0.5) is 10.1 Å². The summed E-state index contributed by atoms with van der Waals surface area (Å²) >= 11 is 0. The van der Waals surface area contributed by atoms with Crippen LogP contribution in [0.2, 0.25) is 0 Å². The molecule has 0 bridgehead atoms. The highest BCUT2D eigenvalue weighted by Crippen LogP contribution is 2.32. The van der Waals surface area contributed by atoms with Crippen LogP contribution in [0.15, 0.2) is 18.2 Å². The SMILES string of the molecule is CNCCCC1Cc2cc(F)ccc2N1C. The maximum atomic E-state index is 13.1. The Labute approximate surface area is 96.5 Å². The van der Waals surface area contributed by atoms with E-state index in [0.717, 1.165) is 24.9 Å². The molecule has 16 heavy (non-hydrogen) atoms. The van der Waals surface area contributed by atoms with Crippen LogP contribution >= 0.6 is 0 Å². The van der Waals surface area contributed by atoms with Gasteiger partial charge in [0.25, 0.3) is 0 Å². The fourth-order valence-corrected chi connectivity index (χ4v) is 2.46. The summed E-state index contributed by atoms with van der Waals surface area (Å²) in [4.78, 5) is 2.28. The molecular weight excluding hydrogens is 203 g/mol. The maximum Gasteiger partial charge on any atom is 0.123 e. The Bertz CT molecular complexity index is 365. The fraction of sp³-hybridized carbons (Fsp3) is 0.538. The van der Waals surface area contributed by atoms with E-state index in [9.17, 15) is 4.39 Å². The van der Waals surface area contributed by atoms with Gasteiger partial charge in [-0.05, 0) is 56.6 Å². The molecular formula is C13H19FN2. The van der Waals surface area contributed by atoms with E-state index in [0.29, 0.717) is 6.04 Å². The largest absolute Gasteiger partial charge is 0.371 e. The fourth-order valence-electron chi connectivity index (χ4n) is 2.46. The van der Waals surface area contributed by atoms with E-state index in [2.05, 4.69) is 17.3 Å². The van der Waals surface area contributed by atoms with Gasteiger partial charge in [-0.15, -0.1) is 0 Å². The number of hydrogen-bond acceptors (Lipinski definition) is 2. The summed E-state index contributed by atoms with van der Waals surface area (Å²) in [5, 5.41) is 3.16. The molecule has 0 saturated heterocycles. The zero-order valence-corrected chi connectivity index (χ0v) is 9.96. The highest BCUT2D eigenvalue weighted by Gasteiger charge is 2.25. The molecule has 1 aliphatic heterocycles. The van der Waals surface area contributed by atoms with Crippen LogP contribution < -0.4 is 10.2 Å². The molecule has 1 unspecified atom stereocenters. The van der Waals surface area contributed by atoms with Gasteiger partial charge in [0.1, 0.15) is 5.82 Å². The number of likely N-dealkylation sites (N-methyl/N-ethyl adjacent to an activating group) is 1. The average molecular weight is 222 g/mol. The number of benzene rings is 1. The summed E-state index contributed by atoms with van der Waals surface area (Å²) in [5.74, 6) is -0.122. The molecule has 0 aromatic heterocycles. The van der Waals surface area contributed by atoms with Gasteiger partial charge in [-0.2, -0.15) is 0 Å². The Hall–Kier alpha value is -1.09. The minimum atomic E-state index is -0.122. The first-order valence-corrected chi connectivity index (χ1v) is 5.88. The Morgan fingerprint density at radius 2 is 2.31 bits per heavy atom. The van der Waals surface area contributed by atoms with E-state index in [-0.39, 0.29) is 5.82 Å². The van der Waals surface area contributed by atoms with Crippen molar-refractivity contribution in [2.45, 2.75) is 25.3 Å². The smallest absolute Gasteiger partial charge is 0.123 e. The molecule has 0 amide bonds. The van der Waals surface area contributed by atoms with Gasteiger partial charge >= 0.3 is 0 Å². The topological polar surface area (TPSA) is 15.3 Å². The first-order valence-electron chi connectivity index (χ1n) is 5.88. The van der Waals surface area contributed by atoms with Crippen molar-refractivity contribution < 1.29 is 4.39 Å². The van der Waals surface area contributed by atoms with Crippen molar-refractivity contribution >= 4 is 5.69 Å². The normalized spacial score (nSPS) is 18.9. The Balaban J connectivity index is 2.02. The molecule has 88 valence electrons. The predicted molar refractivity (Wildman–Crippen MR) is 65.5 cm³/mol. The van der Waals surface area contributed by atoms with E-state index in [1.807, 2.05) is 13.1 Å². The standard InChI is InChI=1S/C13H19FN2/c1-15-7-3-4-12-9-10-8-11(14)5-6-13(10)16(12)2/h5-6,8,12,15H,3-4,7,9H2,1-2H3. The molecule has 0 spiro atoms. The molecule has 1 aromatic rings. The molecule has 0 radical (unpaired) electrons. The van der Waals surface area contributed by atoms with Crippen molar-refractivity contribution in [1.29, 1.82) is 0 Å². The second-order valence-electron chi connectivity index (χ2n) is 4.49. The molecule has 3 heteroatoms. The van der Waals surface area contributed by atoms with Crippen LogP contribution in [0.3, 0.4) is 0 Å². The van der Waals surface area contributed by atoms with E-state index in [1.54, 1.807) is 12.1 Å². The number of nitrogens with one attached hydrogen (secondary N) is 1. The van der Waals surface area contributed by atoms with Crippen LogP contribution in [0.1, 0.15) is 18.4 Å². The van der Waals surface area contributed by atoms with Crippen molar-refractivity contribution in [3.63, 3.8) is 0 Å². The second kappa shape index (κ2) is 4.83. The molecule has 1 atom stereocenters. The van der Waals surface area contributed by atoms with Crippen LogP contribution in [-0.4, -0.2) is 26.7 Å². The Kier molecular flexibility index (Phi) is 3.44. The molecule has 2 rings (SSSR count). The van der Waals surface area contributed by atoms with E-state index in [1.165, 1.54) is 12.1 Å². The predicted octanol–water partition coefficient (Wildman–Crippen LogP) is 2.19. The Morgan fingerprint density at radius 3 is 3.06 bits per heavy atom. The number of halogens is 1. The minimum Gasteiger partial charge on any atom is -0.371 e. The van der Waals surface area contributed by atoms with E-state index < -0.39 is 0 Å². The van der Waals surface area contributed by atoms with Crippen molar-refractivity contribution in [2.24, 2.45) is 0 Å². The zero-order chi connectivity index (χ0) is 11.5. The third-order valence-corrected chi connectivity index (χ3v) is 3.39. The number of hydrogen-bond donors (Lipinski definition) is 1. The molecule has 1 N–H and O–H groups in total. The molecule has 0 fully saturated rings. The van der Waals surface area contributed by atoms with Crippen molar-refractivity contribution in [3.8, 4) is 0 Å². The van der Waals surface area contributed by atoms with Crippen molar-refractivity contribution in [2.75, 3.05) is 25.5 Å². The minimum absolute atomic E-state index is 0.122. The van der Waals surface area contributed by atoms with Crippen LogP contribution in [0.5, 0.6) is 0 Å². The third kappa shape index (κ3) is 2.19. The van der Waals surface area contributed by atoms with Crippen LogP contribution in [0.25, 0.3) is 0 Å². The van der Waals surface area contributed by atoms with Crippen LogP contribution in [0, 0.1) is 5.82 Å². The van der Waals surface area contributed by atoms with E-state index in [4.69, 9.17) is 0 Å². The second-order valence-corrected chi connectivity index (χ2v) is 4.49. The molecule has 2 nitrogen and oxygen atoms in total. The van der Waals surface area contributed by atoms with Crippen LogP contribution in [-0.2, 0) is 6.42 Å². The van der Waals surface area contributed by atoms with Gasteiger partial charge in [0.2, 0.25) is 0 Å². The molecule has 1 heterocycles. The summed E-state index contributed by atoms with van der Waals surface area (Å²) in [7, 11) is 4.08. The average Bonchev–Trinajstić information content (AvgIpc) is 2.56. The zero-order valence-electron chi connectivity index (χ0n) is 9.96. The maximum absolute atomic E-state index is 13.1. The highest BCUT2D eigenvalue weighted by atomic mass is 19.1. The quantitative estimate of drug-likeness (QED) is 0.786. The van der Waals surface area contributed by atoms with Crippen molar-refractivity contribution in [1.82, 2.24) is 5.32 Å². The third-order valence-electron chi connectivity index (χ3n) is 3.39. The van der Waals surface area contributed by atoms with Gasteiger partial charge in [0.05, 0.1) is 0 Å².